The number of rotatable bonds is 4. The molecule has 0 unspecified atom stereocenters. The van der Waals surface area contributed by atoms with E-state index in [0.717, 1.165) is 39.1 Å². The minimum absolute atomic E-state index is 0.130. The number of benzene rings is 1. The molecule has 1 saturated heterocycles. The van der Waals surface area contributed by atoms with Crippen molar-refractivity contribution in [3.63, 3.8) is 0 Å². The van der Waals surface area contributed by atoms with Crippen molar-refractivity contribution in [3.8, 4) is 6.07 Å². The molecule has 5 nitrogen and oxygen atoms in total. The Labute approximate surface area is 119 Å². The van der Waals surface area contributed by atoms with Crippen LogP contribution in [0.2, 0.25) is 0 Å². The number of hydrogen-bond donors (Lipinski definition) is 1. The summed E-state index contributed by atoms with van der Waals surface area (Å²) in [4.78, 5) is 15.1. The van der Waals surface area contributed by atoms with Gasteiger partial charge in [0.2, 0.25) is 0 Å². The first-order valence-electron chi connectivity index (χ1n) is 6.83. The molecule has 1 heterocycles. The van der Waals surface area contributed by atoms with E-state index in [2.05, 4.69) is 11.0 Å². The van der Waals surface area contributed by atoms with E-state index >= 15 is 0 Å². The summed E-state index contributed by atoms with van der Waals surface area (Å²) >= 11 is 0. The topological polar surface area (TPSA) is 67.6 Å². The molecule has 0 aromatic heterocycles. The quantitative estimate of drug-likeness (QED) is 0.891. The Morgan fingerprint density at radius 3 is 2.45 bits per heavy atom. The number of carboxylic acid groups (broad SMARTS) is 1. The molecule has 1 fully saturated rings. The Bertz CT molecular complexity index is 493. The van der Waals surface area contributed by atoms with Gasteiger partial charge >= 0.3 is 5.97 Å². The highest BCUT2D eigenvalue weighted by Crippen LogP contribution is 2.10. The molecule has 0 amide bonds. The lowest BCUT2D eigenvalue weighted by molar-refractivity contribution is -0.138. The molecule has 0 aliphatic carbocycles. The normalized spacial score (nSPS) is 17.4. The van der Waals surface area contributed by atoms with Crippen LogP contribution in [0, 0.1) is 11.3 Å². The van der Waals surface area contributed by atoms with E-state index in [1.807, 2.05) is 29.2 Å². The Hall–Kier alpha value is -1.90. The van der Waals surface area contributed by atoms with Gasteiger partial charge in [-0.3, -0.25) is 14.6 Å². The molecule has 1 N–H and O–H groups in total. The average Bonchev–Trinajstić information content (AvgIpc) is 2.65. The van der Waals surface area contributed by atoms with Gasteiger partial charge in [0.25, 0.3) is 0 Å². The molecule has 0 spiro atoms. The lowest BCUT2D eigenvalue weighted by Gasteiger charge is -2.20. The molecule has 20 heavy (non-hydrogen) atoms. The average molecular weight is 273 g/mol. The molecule has 0 saturated carbocycles. The van der Waals surface area contributed by atoms with Gasteiger partial charge in [-0.05, 0) is 30.7 Å². The highest BCUT2D eigenvalue weighted by molar-refractivity contribution is 5.69. The third-order valence-corrected chi connectivity index (χ3v) is 3.53. The third kappa shape index (κ3) is 4.34. The smallest absolute Gasteiger partial charge is 0.317 e. The maximum absolute atomic E-state index is 10.7. The number of hydrogen-bond acceptors (Lipinski definition) is 4. The molecule has 106 valence electrons. The second-order valence-corrected chi connectivity index (χ2v) is 5.11. The van der Waals surface area contributed by atoms with E-state index in [4.69, 9.17) is 10.4 Å². The zero-order valence-corrected chi connectivity index (χ0v) is 11.5. The lowest BCUT2D eigenvalue weighted by atomic mass is 10.1. The number of nitrogens with zero attached hydrogens (tertiary/aromatic N) is 3. The Kier molecular flexibility index (Phi) is 5.10. The Morgan fingerprint density at radius 2 is 1.80 bits per heavy atom. The van der Waals surface area contributed by atoms with E-state index in [1.54, 1.807) is 0 Å². The molecule has 0 radical (unpaired) electrons. The zero-order valence-electron chi connectivity index (χ0n) is 11.5. The molecule has 0 bridgehead atoms. The zero-order chi connectivity index (χ0) is 14.4. The van der Waals surface area contributed by atoms with Crippen LogP contribution in [0.4, 0.5) is 0 Å². The highest BCUT2D eigenvalue weighted by atomic mass is 16.4. The summed E-state index contributed by atoms with van der Waals surface area (Å²) < 4.78 is 0. The molecule has 2 rings (SSSR count). The second kappa shape index (κ2) is 7.04. The van der Waals surface area contributed by atoms with Gasteiger partial charge in [0.15, 0.2) is 0 Å². The van der Waals surface area contributed by atoms with E-state index in [-0.39, 0.29) is 6.54 Å². The molecule has 1 aromatic rings. The van der Waals surface area contributed by atoms with Crippen molar-refractivity contribution in [2.24, 2.45) is 0 Å². The lowest BCUT2D eigenvalue weighted by Crippen LogP contribution is -2.34. The predicted molar refractivity (Wildman–Crippen MR) is 75.1 cm³/mol. The van der Waals surface area contributed by atoms with Crippen molar-refractivity contribution < 1.29 is 9.90 Å². The van der Waals surface area contributed by atoms with E-state index < -0.39 is 5.97 Å². The van der Waals surface area contributed by atoms with Crippen LogP contribution in [-0.2, 0) is 11.3 Å². The summed E-state index contributed by atoms with van der Waals surface area (Å²) in [7, 11) is 0. The number of carbonyl (C=O) groups is 1. The van der Waals surface area contributed by atoms with Crippen molar-refractivity contribution in [3.05, 3.63) is 35.4 Å². The fourth-order valence-corrected chi connectivity index (χ4v) is 2.47. The van der Waals surface area contributed by atoms with E-state index in [0.29, 0.717) is 5.56 Å². The van der Waals surface area contributed by atoms with Gasteiger partial charge in [-0.1, -0.05) is 12.1 Å². The van der Waals surface area contributed by atoms with Crippen LogP contribution >= 0.6 is 0 Å². The van der Waals surface area contributed by atoms with Crippen LogP contribution in [0.1, 0.15) is 17.5 Å². The predicted octanol–water partition coefficient (Wildman–Crippen LogP) is 1.15. The van der Waals surface area contributed by atoms with Crippen LogP contribution in [0.3, 0.4) is 0 Å². The van der Waals surface area contributed by atoms with Gasteiger partial charge in [-0.2, -0.15) is 5.26 Å². The third-order valence-electron chi connectivity index (χ3n) is 3.53. The summed E-state index contributed by atoms with van der Waals surface area (Å²) in [6.07, 6.45) is 0.990. The largest absolute Gasteiger partial charge is 0.480 e. The molecule has 1 aliphatic rings. The Morgan fingerprint density at radius 1 is 1.15 bits per heavy atom. The van der Waals surface area contributed by atoms with Crippen LogP contribution in [0.5, 0.6) is 0 Å². The summed E-state index contributed by atoms with van der Waals surface area (Å²) in [5.41, 5.74) is 1.87. The number of nitriles is 1. The highest BCUT2D eigenvalue weighted by Gasteiger charge is 2.16. The minimum Gasteiger partial charge on any atom is -0.480 e. The SMILES string of the molecule is N#Cc1ccc(CN2CCCN(CC(=O)O)CC2)cc1. The van der Waals surface area contributed by atoms with Gasteiger partial charge in [0, 0.05) is 26.2 Å². The molecule has 1 aliphatic heterocycles. The summed E-state index contributed by atoms with van der Waals surface area (Å²) in [6.45, 7) is 4.49. The van der Waals surface area contributed by atoms with Gasteiger partial charge in [-0.15, -0.1) is 0 Å². The molecule has 0 atom stereocenters. The Balaban J connectivity index is 1.87. The van der Waals surface area contributed by atoms with E-state index in [1.165, 1.54) is 5.56 Å². The van der Waals surface area contributed by atoms with Crippen molar-refractivity contribution in [2.45, 2.75) is 13.0 Å². The summed E-state index contributed by atoms with van der Waals surface area (Å²) in [5, 5.41) is 17.6. The number of aliphatic carboxylic acids is 1. The summed E-state index contributed by atoms with van der Waals surface area (Å²) in [6, 6.07) is 9.76. The van der Waals surface area contributed by atoms with Crippen LogP contribution < -0.4 is 0 Å². The van der Waals surface area contributed by atoms with Crippen LogP contribution in [0.25, 0.3) is 0 Å². The monoisotopic (exact) mass is 273 g/mol. The fourth-order valence-electron chi connectivity index (χ4n) is 2.47. The molecular weight excluding hydrogens is 254 g/mol. The molecule has 1 aromatic carbocycles. The first kappa shape index (κ1) is 14.5. The second-order valence-electron chi connectivity index (χ2n) is 5.11. The van der Waals surface area contributed by atoms with Crippen LogP contribution in [0.15, 0.2) is 24.3 Å². The standard InChI is InChI=1S/C15H19N3O2/c16-10-13-2-4-14(5-3-13)11-17-6-1-7-18(9-8-17)12-15(19)20/h2-5H,1,6-9,11-12H2,(H,19,20). The maximum Gasteiger partial charge on any atom is 0.317 e. The van der Waals surface area contributed by atoms with Gasteiger partial charge in [0.1, 0.15) is 0 Å². The first-order valence-corrected chi connectivity index (χ1v) is 6.83. The van der Waals surface area contributed by atoms with E-state index in [9.17, 15) is 4.79 Å². The van der Waals surface area contributed by atoms with Crippen molar-refractivity contribution in [1.82, 2.24) is 9.80 Å². The van der Waals surface area contributed by atoms with Crippen molar-refractivity contribution in [2.75, 3.05) is 32.7 Å². The maximum atomic E-state index is 10.7. The van der Waals surface area contributed by atoms with Crippen LogP contribution in [-0.4, -0.2) is 53.6 Å². The van der Waals surface area contributed by atoms with Crippen molar-refractivity contribution >= 4 is 5.97 Å². The first-order chi connectivity index (χ1) is 9.67. The van der Waals surface area contributed by atoms with Gasteiger partial charge in [0.05, 0.1) is 18.2 Å². The molecule has 5 heteroatoms. The van der Waals surface area contributed by atoms with Crippen molar-refractivity contribution in [1.29, 1.82) is 5.26 Å². The number of carboxylic acids is 1. The van der Waals surface area contributed by atoms with Gasteiger partial charge in [-0.25, -0.2) is 0 Å². The minimum atomic E-state index is -0.759. The molecular formula is C15H19N3O2. The summed E-state index contributed by atoms with van der Waals surface area (Å²) in [5.74, 6) is -0.759. The van der Waals surface area contributed by atoms with Gasteiger partial charge < -0.3 is 5.11 Å². The fraction of sp³-hybridized carbons (Fsp3) is 0.467.